The molecule has 5 nitrogen and oxygen atoms in total. The lowest BCUT2D eigenvalue weighted by Crippen LogP contribution is -2.43. The number of H-pyrrole nitrogens is 1. The smallest absolute Gasteiger partial charge is 0.142 e. The number of aromatic amines is 1. The van der Waals surface area contributed by atoms with Gasteiger partial charge in [-0.25, -0.2) is 9.97 Å². The molecule has 0 aromatic carbocycles. The minimum absolute atomic E-state index is 0.605. The molecule has 0 amide bonds. The van der Waals surface area contributed by atoms with Crippen molar-refractivity contribution >= 4 is 16.9 Å². The van der Waals surface area contributed by atoms with Crippen LogP contribution in [0.1, 0.15) is 38.5 Å². The third-order valence-corrected chi connectivity index (χ3v) is 5.89. The molecule has 0 bridgehead atoms. The Morgan fingerprint density at radius 2 is 1.91 bits per heavy atom. The number of nitrogens with zero attached hydrogens (tertiary/aromatic N) is 3. The molecule has 2 aliphatic rings. The standard InChI is InChI=1S/C17H25N5/c1-22(16-14-4-9-19-15(14)20-12-21-16)13-2-5-17(6-3-13)7-10-18-11-8-17/h4,9,12-13,18H,2-3,5-8,10-11H2,1H3,(H,19,20,21). The molecule has 22 heavy (non-hydrogen) atoms. The summed E-state index contributed by atoms with van der Waals surface area (Å²) in [6, 6.07) is 2.69. The van der Waals surface area contributed by atoms with Gasteiger partial charge in [0.15, 0.2) is 0 Å². The summed E-state index contributed by atoms with van der Waals surface area (Å²) in [6.45, 7) is 2.41. The molecule has 4 rings (SSSR count). The fraction of sp³-hybridized carbons (Fsp3) is 0.647. The fourth-order valence-corrected chi connectivity index (χ4v) is 4.37. The summed E-state index contributed by atoms with van der Waals surface area (Å²) in [4.78, 5) is 14.4. The van der Waals surface area contributed by atoms with Crippen molar-refractivity contribution in [2.75, 3.05) is 25.0 Å². The van der Waals surface area contributed by atoms with Gasteiger partial charge >= 0.3 is 0 Å². The largest absolute Gasteiger partial charge is 0.356 e. The molecule has 1 aliphatic heterocycles. The highest BCUT2D eigenvalue weighted by molar-refractivity contribution is 5.87. The van der Waals surface area contributed by atoms with Crippen LogP contribution in [0.5, 0.6) is 0 Å². The van der Waals surface area contributed by atoms with Crippen LogP contribution in [0.15, 0.2) is 18.6 Å². The van der Waals surface area contributed by atoms with E-state index in [1.165, 1.54) is 51.6 Å². The molecule has 1 spiro atoms. The Balaban J connectivity index is 1.50. The molecule has 2 N–H and O–H groups in total. The van der Waals surface area contributed by atoms with Gasteiger partial charge in [0.25, 0.3) is 0 Å². The second-order valence-electron chi connectivity index (χ2n) is 7.03. The van der Waals surface area contributed by atoms with E-state index in [1.807, 2.05) is 6.20 Å². The third-order valence-electron chi connectivity index (χ3n) is 5.89. The van der Waals surface area contributed by atoms with Crippen molar-refractivity contribution in [3.05, 3.63) is 18.6 Å². The molecule has 1 saturated carbocycles. The minimum Gasteiger partial charge on any atom is -0.356 e. The van der Waals surface area contributed by atoms with E-state index in [0.29, 0.717) is 11.5 Å². The van der Waals surface area contributed by atoms with Gasteiger partial charge in [-0.15, -0.1) is 0 Å². The Morgan fingerprint density at radius 3 is 2.68 bits per heavy atom. The van der Waals surface area contributed by atoms with Gasteiger partial charge in [-0.1, -0.05) is 0 Å². The fourth-order valence-electron chi connectivity index (χ4n) is 4.37. The quantitative estimate of drug-likeness (QED) is 0.895. The van der Waals surface area contributed by atoms with Crippen LogP contribution in [0.3, 0.4) is 0 Å². The lowest BCUT2D eigenvalue weighted by molar-refractivity contribution is 0.123. The molecule has 0 atom stereocenters. The zero-order chi connectivity index (χ0) is 15.0. The number of aromatic nitrogens is 3. The van der Waals surface area contributed by atoms with E-state index in [-0.39, 0.29) is 0 Å². The average molecular weight is 299 g/mol. The second kappa shape index (κ2) is 5.54. The van der Waals surface area contributed by atoms with E-state index in [4.69, 9.17) is 0 Å². The van der Waals surface area contributed by atoms with Gasteiger partial charge in [0.1, 0.15) is 17.8 Å². The second-order valence-corrected chi connectivity index (χ2v) is 7.03. The molecule has 2 fully saturated rings. The van der Waals surface area contributed by atoms with Crippen LogP contribution in [0.25, 0.3) is 11.0 Å². The molecule has 3 heterocycles. The van der Waals surface area contributed by atoms with Gasteiger partial charge in [-0.3, -0.25) is 0 Å². The zero-order valence-corrected chi connectivity index (χ0v) is 13.3. The van der Waals surface area contributed by atoms with Crippen LogP contribution in [-0.2, 0) is 0 Å². The molecule has 2 aromatic rings. The number of piperidine rings is 1. The highest BCUT2D eigenvalue weighted by atomic mass is 15.2. The topological polar surface area (TPSA) is 56.8 Å². The van der Waals surface area contributed by atoms with Crippen LogP contribution in [0, 0.1) is 5.41 Å². The number of nitrogens with one attached hydrogen (secondary N) is 2. The predicted octanol–water partition coefficient (Wildman–Crippen LogP) is 2.71. The number of hydrogen-bond acceptors (Lipinski definition) is 4. The summed E-state index contributed by atoms with van der Waals surface area (Å²) in [5.41, 5.74) is 1.56. The number of hydrogen-bond donors (Lipinski definition) is 2. The highest BCUT2D eigenvalue weighted by Crippen LogP contribution is 2.44. The van der Waals surface area contributed by atoms with Crippen molar-refractivity contribution in [1.82, 2.24) is 20.3 Å². The van der Waals surface area contributed by atoms with Crippen LogP contribution in [0.4, 0.5) is 5.82 Å². The summed E-state index contributed by atoms with van der Waals surface area (Å²) in [6.07, 6.45) is 11.6. The molecule has 2 aromatic heterocycles. The molecule has 118 valence electrons. The highest BCUT2D eigenvalue weighted by Gasteiger charge is 2.37. The van der Waals surface area contributed by atoms with Gasteiger partial charge in [-0.2, -0.15) is 0 Å². The van der Waals surface area contributed by atoms with Gasteiger partial charge < -0.3 is 15.2 Å². The summed E-state index contributed by atoms with van der Waals surface area (Å²) in [7, 11) is 2.19. The Bertz CT molecular complexity index is 633. The zero-order valence-electron chi connectivity index (χ0n) is 13.3. The maximum atomic E-state index is 4.54. The van der Waals surface area contributed by atoms with E-state index in [9.17, 15) is 0 Å². The van der Waals surface area contributed by atoms with Gasteiger partial charge in [0.2, 0.25) is 0 Å². The van der Waals surface area contributed by atoms with Crippen molar-refractivity contribution in [2.24, 2.45) is 5.41 Å². The molecule has 5 heteroatoms. The monoisotopic (exact) mass is 299 g/mol. The van der Waals surface area contributed by atoms with E-state index >= 15 is 0 Å². The van der Waals surface area contributed by atoms with Crippen LogP contribution < -0.4 is 10.2 Å². The van der Waals surface area contributed by atoms with E-state index in [1.54, 1.807) is 6.33 Å². The Hall–Kier alpha value is -1.62. The first kappa shape index (κ1) is 14.0. The Kier molecular flexibility index (Phi) is 3.53. The number of rotatable bonds is 2. The lowest BCUT2D eigenvalue weighted by atomic mass is 9.67. The van der Waals surface area contributed by atoms with Crippen molar-refractivity contribution in [3.63, 3.8) is 0 Å². The van der Waals surface area contributed by atoms with Gasteiger partial charge in [-0.05, 0) is 63.1 Å². The van der Waals surface area contributed by atoms with Crippen molar-refractivity contribution in [2.45, 2.75) is 44.6 Å². The van der Waals surface area contributed by atoms with Crippen LogP contribution in [-0.4, -0.2) is 41.1 Å². The molecular formula is C17H25N5. The lowest BCUT2D eigenvalue weighted by Gasteiger charge is -2.45. The molecular weight excluding hydrogens is 274 g/mol. The third kappa shape index (κ3) is 2.37. The minimum atomic E-state index is 0.605. The maximum Gasteiger partial charge on any atom is 0.142 e. The normalized spacial score (nSPS) is 22.2. The van der Waals surface area contributed by atoms with Crippen LogP contribution in [0.2, 0.25) is 0 Å². The van der Waals surface area contributed by atoms with Gasteiger partial charge in [0.05, 0.1) is 5.39 Å². The van der Waals surface area contributed by atoms with E-state index < -0.39 is 0 Å². The Morgan fingerprint density at radius 1 is 1.14 bits per heavy atom. The van der Waals surface area contributed by atoms with Crippen LogP contribution >= 0.6 is 0 Å². The molecule has 1 saturated heterocycles. The summed E-state index contributed by atoms with van der Waals surface area (Å²) in [5, 5.41) is 4.63. The molecule has 0 unspecified atom stereocenters. The number of fused-ring (bicyclic) bond motifs is 1. The summed E-state index contributed by atoms with van der Waals surface area (Å²) >= 11 is 0. The Labute approximate surface area is 131 Å². The molecule has 1 aliphatic carbocycles. The van der Waals surface area contributed by atoms with Gasteiger partial charge in [0, 0.05) is 19.3 Å². The van der Waals surface area contributed by atoms with E-state index in [2.05, 4.69) is 38.3 Å². The van der Waals surface area contributed by atoms with E-state index in [0.717, 1.165) is 16.9 Å². The first-order chi connectivity index (χ1) is 10.8. The SMILES string of the molecule is CN(c1ncnc2[nH]ccc12)C1CCC2(CCNCC2)CC1. The predicted molar refractivity (Wildman–Crippen MR) is 89.1 cm³/mol. The average Bonchev–Trinajstić information content (AvgIpc) is 3.04. The molecule has 0 radical (unpaired) electrons. The van der Waals surface area contributed by atoms with Crippen molar-refractivity contribution in [1.29, 1.82) is 0 Å². The summed E-state index contributed by atoms with van der Waals surface area (Å²) < 4.78 is 0. The van der Waals surface area contributed by atoms with Crippen molar-refractivity contribution in [3.8, 4) is 0 Å². The maximum absolute atomic E-state index is 4.54. The first-order valence-electron chi connectivity index (χ1n) is 8.49. The first-order valence-corrected chi connectivity index (χ1v) is 8.49. The summed E-state index contributed by atoms with van der Waals surface area (Å²) in [5.74, 6) is 1.07. The number of anilines is 1. The van der Waals surface area contributed by atoms with Crippen molar-refractivity contribution < 1.29 is 0 Å².